The first-order valence-corrected chi connectivity index (χ1v) is 5.44. The molecule has 0 aromatic heterocycles. The van der Waals surface area contributed by atoms with Crippen molar-refractivity contribution in [1.29, 1.82) is 5.41 Å². The topological polar surface area (TPSA) is 107 Å². The van der Waals surface area contributed by atoms with Crippen LogP contribution < -0.4 is 25.3 Å². The number of nitrogens with two attached hydrogens (primary N) is 1. The number of methoxy groups -OCH3 is 3. The van der Waals surface area contributed by atoms with Crippen molar-refractivity contribution in [3.8, 4) is 17.2 Å². The lowest BCUT2D eigenvalue weighted by molar-refractivity contribution is 0.0958. The molecule has 0 saturated carbocycles. The van der Waals surface area contributed by atoms with Gasteiger partial charge in [-0.25, -0.2) is 0 Å². The Morgan fingerprint density at radius 3 is 2.05 bits per heavy atom. The number of ether oxygens (including phenoxy) is 3. The molecule has 1 amide bonds. The van der Waals surface area contributed by atoms with E-state index in [2.05, 4.69) is 5.32 Å². The Bertz CT molecular complexity index is 469. The highest BCUT2D eigenvalue weighted by atomic mass is 35.5. The van der Waals surface area contributed by atoms with Gasteiger partial charge in [-0.2, -0.15) is 0 Å². The van der Waals surface area contributed by atoms with Gasteiger partial charge >= 0.3 is 0 Å². The predicted molar refractivity (Wildman–Crippen MR) is 77.6 cm³/mol. The predicted octanol–water partition coefficient (Wildman–Crippen LogP) is 0.800. The summed E-state index contributed by atoms with van der Waals surface area (Å²) in [6.45, 7) is -0.0184. The second-order valence-electron chi connectivity index (χ2n) is 3.62. The number of amides is 1. The summed E-state index contributed by atoms with van der Waals surface area (Å²) in [4.78, 5) is 11.9. The minimum absolute atomic E-state index is 0. The summed E-state index contributed by atoms with van der Waals surface area (Å²) in [6, 6.07) is 3.05. The van der Waals surface area contributed by atoms with E-state index < -0.39 is 0 Å². The Labute approximate surface area is 123 Å². The molecule has 0 aliphatic carbocycles. The molecule has 0 heterocycles. The molecule has 1 aromatic rings. The molecule has 1 aromatic carbocycles. The van der Waals surface area contributed by atoms with Gasteiger partial charge in [0.15, 0.2) is 11.5 Å². The quantitative estimate of drug-likeness (QED) is 0.532. The average molecular weight is 304 g/mol. The highest BCUT2D eigenvalue weighted by Crippen LogP contribution is 2.38. The van der Waals surface area contributed by atoms with Crippen LogP contribution >= 0.6 is 12.4 Å². The number of hydrogen-bond acceptors (Lipinski definition) is 5. The minimum atomic E-state index is -0.380. The van der Waals surface area contributed by atoms with Crippen molar-refractivity contribution in [2.75, 3.05) is 27.9 Å². The number of carbonyl (C=O) groups excluding carboxylic acids is 1. The van der Waals surface area contributed by atoms with Crippen LogP contribution in [0.2, 0.25) is 0 Å². The first-order chi connectivity index (χ1) is 9.03. The molecule has 0 saturated heterocycles. The molecule has 0 bridgehead atoms. The third-order valence-electron chi connectivity index (χ3n) is 2.37. The lowest BCUT2D eigenvalue weighted by Crippen LogP contribution is -2.32. The van der Waals surface area contributed by atoms with Crippen molar-refractivity contribution >= 4 is 24.1 Å². The Morgan fingerprint density at radius 1 is 1.20 bits per heavy atom. The largest absolute Gasteiger partial charge is 0.493 e. The fourth-order valence-corrected chi connectivity index (χ4v) is 1.49. The van der Waals surface area contributed by atoms with Gasteiger partial charge in [-0.05, 0) is 12.1 Å². The fourth-order valence-electron chi connectivity index (χ4n) is 1.49. The molecule has 0 radical (unpaired) electrons. The van der Waals surface area contributed by atoms with Gasteiger partial charge in [0, 0.05) is 5.56 Å². The molecule has 0 spiro atoms. The van der Waals surface area contributed by atoms with Gasteiger partial charge < -0.3 is 25.3 Å². The molecule has 8 heteroatoms. The van der Waals surface area contributed by atoms with E-state index in [1.807, 2.05) is 0 Å². The fraction of sp³-hybridized carbons (Fsp3) is 0.333. The lowest BCUT2D eigenvalue weighted by atomic mass is 10.1. The summed E-state index contributed by atoms with van der Waals surface area (Å²) >= 11 is 0. The molecule has 20 heavy (non-hydrogen) atoms. The first kappa shape index (κ1) is 17.8. The number of benzene rings is 1. The normalized spacial score (nSPS) is 9.15. The number of nitrogens with one attached hydrogen (secondary N) is 2. The van der Waals surface area contributed by atoms with Crippen LogP contribution in [0, 0.1) is 5.41 Å². The Kier molecular flexibility index (Phi) is 7.24. The zero-order chi connectivity index (χ0) is 14.4. The molecule has 0 atom stereocenters. The third kappa shape index (κ3) is 4.20. The van der Waals surface area contributed by atoms with Crippen molar-refractivity contribution in [1.82, 2.24) is 5.32 Å². The Balaban J connectivity index is 0.00000361. The molecule has 4 N–H and O–H groups in total. The Hall–Kier alpha value is -2.15. The van der Waals surface area contributed by atoms with Crippen LogP contribution in [-0.4, -0.2) is 39.6 Å². The van der Waals surface area contributed by atoms with Crippen molar-refractivity contribution < 1.29 is 19.0 Å². The van der Waals surface area contributed by atoms with Crippen molar-refractivity contribution in [2.24, 2.45) is 5.73 Å². The molecule has 0 aliphatic heterocycles. The zero-order valence-corrected chi connectivity index (χ0v) is 12.3. The maximum absolute atomic E-state index is 11.9. The highest BCUT2D eigenvalue weighted by molar-refractivity contribution is 5.97. The third-order valence-corrected chi connectivity index (χ3v) is 2.37. The Morgan fingerprint density at radius 2 is 1.70 bits per heavy atom. The highest BCUT2D eigenvalue weighted by Gasteiger charge is 2.16. The van der Waals surface area contributed by atoms with E-state index in [1.165, 1.54) is 33.5 Å². The van der Waals surface area contributed by atoms with Gasteiger partial charge in [-0.1, -0.05) is 0 Å². The molecule has 0 unspecified atom stereocenters. The van der Waals surface area contributed by atoms with E-state index >= 15 is 0 Å². The lowest BCUT2D eigenvalue weighted by Gasteiger charge is -2.13. The van der Waals surface area contributed by atoms with Gasteiger partial charge in [-0.15, -0.1) is 12.4 Å². The minimum Gasteiger partial charge on any atom is -0.493 e. The van der Waals surface area contributed by atoms with Crippen molar-refractivity contribution in [2.45, 2.75) is 0 Å². The summed E-state index contributed by atoms with van der Waals surface area (Å²) in [5.41, 5.74) is 5.51. The van der Waals surface area contributed by atoms with Crippen LogP contribution in [0.5, 0.6) is 17.2 Å². The SMILES string of the molecule is COc1cc(C(=O)NCC(=N)N)cc(OC)c1OC.Cl. The van der Waals surface area contributed by atoms with Crippen molar-refractivity contribution in [3.63, 3.8) is 0 Å². The van der Waals surface area contributed by atoms with E-state index in [0.29, 0.717) is 22.8 Å². The maximum Gasteiger partial charge on any atom is 0.251 e. The first-order valence-electron chi connectivity index (χ1n) is 5.44. The van der Waals surface area contributed by atoms with E-state index in [9.17, 15) is 4.79 Å². The second kappa shape index (κ2) is 8.11. The molecular weight excluding hydrogens is 286 g/mol. The van der Waals surface area contributed by atoms with Gasteiger partial charge in [0.1, 0.15) is 5.84 Å². The van der Waals surface area contributed by atoms with Gasteiger partial charge in [-0.3, -0.25) is 10.2 Å². The number of halogens is 1. The van der Waals surface area contributed by atoms with E-state index in [0.717, 1.165) is 0 Å². The molecule has 0 fully saturated rings. The average Bonchev–Trinajstić information content (AvgIpc) is 2.42. The van der Waals surface area contributed by atoms with Gasteiger partial charge in [0.2, 0.25) is 5.75 Å². The van der Waals surface area contributed by atoms with Crippen LogP contribution in [0.1, 0.15) is 10.4 Å². The molecule has 112 valence electrons. The number of carbonyl (C=O) groups is 1. The smallest absolute Gasteiger partial charge is 0.251 e. The van der Waals surface area contributed by atoms with Crippen LogP contribution in [0.25, 0.3) is 0 Å². The maximum atomic E-state index is 11.9. The van der Waals surface area contributed by atoms with Crippen LogP contribution in [0.3, 0.4) is 0 Å². The number of hydrogen-bond donors (Lipinski definition) is 3. The van der Waals surface area contributed by atoms with Crippen LogP contribution in [-0.2, 0) is 0 Å². The zero-order valence-electron chi connectivity index (χ0n) is 11.5. The molecular formula is C12H18ClN3O4. The monoisotopic (exact) mass is 303 g/mol. The van der Waals surface area contributed by atoms with Crippen LogP contribution in [0.15, 0.2) is 12.1 Å². The summed E-state index contributed by atoms with van der Waals surface area (Å²) < 4.78 is 15.4. The van der Waals surface area contributed by atoms with Gasteiger partial charge in [0.05, 0.1) is 27.9 Å². The van der Waals surface area contributed by atoms with Crippen LogP contribution in [0.4, 0.5) is 0 Å². The molecule has 0 aliphatic rings. The second-order valence-corrected chi connectivity index (χ2v) is 3.62. The summed E-state index contributed by atoms with van der Waals surface area (Å²) in [5.74, 6) is 0.674. The van der Waals surface area contributed by atoms with E-state index in [4.69, 9.17) is 25.4 Å². The summed E-state index contributed by atoms with van der Waals surface area (Å²) in [7, 11) is 4.42. The van der Waals surface area contributed by atoms with E-state index in [-0.39, 0.29) is 30.7 Å². The summed E-state index contributed by atoms with van der Waals surface area (Å²) in [5, 5.41) is 9.56. The standard InChI is InChI=1S/C12H17N3O4.ClH/c1-17-8-4-7(12(16)15-6-10(13)14)5-9(18-2)11(8)19-3;/h4-5H,6H2,1-3H3,(H3,13,14)(H,15,16);1H. The van der Waals surface area contributed by atoms with Gasteiger partial charge in [0.25, 0.3) is 5.91 Å². The summed E-state index contributed by atoms with van der Waals surface area (Å²) in [6.07, 6.45) is 0. The molecule has 7 nitrogen and oxygen atoms in total. The van der Waals surface area contributed by atoms with Crippen molar-refractivity contribution in [3.05, 3.63) is 17.7 Å². The molecule has 1 rings (SSSR count). The number of amidine groups is 1. The number of rotatable bonds is 6. The van der Waals surface area contributed by atoms with E-state index in [1.54, 1.807) is 0 Å².